The van der Waals surface area contributed by atoms with Crippen molar-refractivity contribution in [2.45, 2.75) is 5.16 Å². The molecule has 0 atom stereocenters. The lowest BCUT2D eigenvalue weighted by molar-refractivity contribution is 0.122. The van der Waals surface area contributed by atoms with Gasteiger partial charge >= 0.3 is 0 Å². The van der Waals surface area contributed by atoms with Gasteiger partial charge in [-0.2, -0.15) is 5.10 Å². The Morgan fingerprint density at radius 2 is 1.90 bits per heavy atom. The van der Waals surface area contributed by atoms with Crippen LogP contribution in [0.5, 0.6) is 0 Å². The fourth-order valence-corrected chi connectivity index (χ4v) is 2.50. The molecule has 1 saturated heterocycles. The fourth-order valence-electron chi connectivity index (χ4n) is 2.18. The maximum absolute atomic E-state index is 5.37. The van der Waals surface area contributed by atoms with E-state index >= 15 is 0 Å². The second kappa shape index (κ2) is 6.19. The van der Waals surface area contributed by atoms with Crippen LogP contribution in [0.1, 0.15) is 0 Å². The first-order chi connectivity index (χ1) is 9.86. The van der Waals surface area contributed by atoms with Gasteiger partial charge in [0.05, 0.1) is 25.1 Å². The summed E-state index contributed by atoms with van der Waals surface area (Å²) in [4.78, 5) is 6.79. The number of benzene rings is 1. The van der Waals surface area contributed by atoms with Crippen LogP contribution in [0.15, 0.2) is 35.6 Å². The third-order valence-electron chi connectivity index (χ3n) is 3.26. The van der Waals surface area contributed by atoms with Gasteiger partial charge in [0.15, 0.2) is 0 Å². The van der Waals surface area contributed by atoms with Crippen molar-refractivity contribution >= 4 is 17.4 Å². The molecular weight excluding hydrogens is 272 g/mol. The van der Waals surface area contributed by atoms with Crippen LogP contribution in [0, 0.1) is 0 Å². The van der Waals surface area contributed by atoms with Gasteiger partial charge in [-0.1, -0.05) is 23.9 Å². The summed E-state index contributed by atoms with van der Waals surface area (Å²) in [6, 6.07) is 8.42. The number of rotatable bonds is 3. The van der Waals surface area contributed by atoms with E-state index in [4.69, 9.17) is 4.74 Å². The van der Waals surface area contributed by atoms with Crippen LogP contribution in [0.3, 0.4) is 0 Å². The predicted octanol–water partition coefficient (Wildman–Crippen LogP) is 2.10. The normalized spacial score (nSPS) is 15.3. The number of nitrogens with zero attached hydrogens (tertiary/aromatic N) is 4. The molecule has 2 heterocycles. The van der Waals surface area contributed by atoms with Crippen LogP contribution in [-0.2, 0) is 4.74 Å². The van der Waals surface area contributed by atoms with Gasteiger partial charge in [0.25, 0.3) is 0 Å². The van der Waals surface area contributed by atoms with Crippen molar-refractivity contribution in [2.24, 2.45) is 0 Å². The number of aromatic nitrogens is 3. The summed E-state index contributed by atoms with van der Waals surface area (Å²) in [7, 11) is 0. The standard InChI is InChI=1S/C14H16N4OS/c1-20-14-16-13(10-15-17-14)11-2-4-12(5-3-11)18-6-8-19-9-7-18/h2-5,10H,6-9H2,1H3. The highest BCUT2D eigenvalue weighted by atomic mass is 32.2. The quantitative estimate of drug-likeness (QED) is 0.806. The van der Waals surface area contributed by atoms with E-state index in [1.807, 2.05) is 6.26 Å². The molecule has 1 fully saturated rings. The van der Waals surface area contributed by atoms with Gasteiger partial charge in [0.2, 0.25) is 5.16 Å². The number of ether oxygens (including phenoxy) is 1. The molecule has 0 bridgehead atoms. The number of hydrogen-bond acceptors (Lipinski definition) is 6. The molecule has 1 aliphatic heterocycles. The lowest BCUT2D eigenvalue weighted by atomic mass is 10.1. The van der Waals surface area contributed by atoms with Crippen molar-refractivity contribution in [3.63, 3.8) is 0 Å². The highest BCUT2D eigenvalue weighted by Gasteiger charge is 2.11. The molecule has 0 spiro atoms. The maximum atomic E-state index is 5.37. The zero-order valence-corrected chi connectivity index (χ0v) is 12.1. The summed E-state index contributed by atoms with van der Waals surface area (Å²) in [6.45, 7) is 3.50. The number of anilines is 1. The van der Waals surface area contributed by atoms with Crippen molar-refractivity contribution in [3.8, 4) is 11.3 Å². The second-order valence-corrected chi connectivity index (χ2v) is 5.25. The Bertz CT molecular complexity index is 570. The lowest BCUT2D eigenvalue weighted by Crippen LogP contribution is -2.36. The molecule has 104 valence electrons. The molecule has 3 rings (SSSR count). The van der Waals surface area contributed by atoms with Gasteiger partial charge in [-0.05, 0) is 18.4 Å². The van der Waals surface area contributed by atoms with Crippen LogP contribution in [-0.4, -0.2) is 47.7 Å². The van der Waals surface area contributed by atoms with Crippen LogP contribution in [0.25, 0.3) is 11.3 Å². The van der Waals surface area contributed by atoms with Gasteiger partial charge < -0.3 is 9.64 Å². The average molecular weight is 288 g/mol. The first-order valence-electron chi connectivity index (χ1n) is 6.53. The van der Waals surface area contributed by atoms with Crippen molar-refractivity contribution in [3.05, 3.63) is 30.5 Å². The first kappa shape index (κ1) is 13.3. The van der Waals surface area contributed by atoms with E-state index in [9.17, 15) is 0 Å². The minimum atomic E-state index is 0.694. The van der Waals surface area contributed by atoms with Gasteiger partial charge in [0.1, 0.15) is 0 Å². The average Bonchev–Trinajstić information content (AvgIpc) is 2.56. The van der Waals surface area contributed by atoms with Crippen molar-refractivity contribution < 1.29 is 4.74 Å². The topological polar surface area (TPSA) is 51.1 Å². The summed E-state index contributed by atoms with van der Waals surface area (Å²) in [5.41, 5.74) is 3.15. The van der Waals surface area contributed by atoms with E-state index < -0.39 is 0 Å². The summed E-state index contributed by atoms with van der Waals surface area (Å²) >= 11 is 1.50. The molecule has 6 heteroatoms. The van der Waals surface area contributed by atoms with Crippen LogP contribution >= 0.6 is 11.8 Å². The van der Waals surface area contributed by atoms with E-state index in [0.717, 1.165) is 37.6 Å². The largest absolute Gasteiger partial charge is 0.378 e. The van der Waals surface area contributed by atoms with E-state index in [0.29, 0.717) is 5.16 Å². The van der Waals surface area contributed by atoms with Crippen LogP contribution in [0.4, 0.5) is 5.69 Å². The fraction of sp³-hybridized carbons (Fsp3) is 0.357. The molecule has 1 aliphatic rings. The summed E-state index contributed by atoms with van der Waals surface area (Å²) in [6.07, 6.45) is 3.64. The maximum Gasteiger partial charge on any atom is 0.209 e. The highest BCUT2D eigenvalue weighted by molar-refractivity contribution is 7.98. The van der Waals surface area contributed by atoms with E-state index in [1.54, 1.807) is 6.20 Å². The van der Waals surface area contributed by atoms with Gasteiger partial charge in [-0.15, -0.1) is 5.10 Å². The molecule has 0 aliphatic carbocycles. The molecule has 0 radical (unpaired) electrons. The third kappa shape index (κ3) is 2.91. The second-order valence-electron chi connectivity index (χ2n) is 4.47. The molecule has 1 aromatic carbocycles. The Hall–Kier alpha value is -1.66. The lowest BCUT2D eigenvalue weighted by Gasteiger charge is -2.28. The molecule has 5 nitrogen and oxygen atoms in total. The Morgan fingerprint density at radius 3 is 2.60 bits per heavy atom. The SMILES string of the molecule is CSc1nncc(-c2ccc(N3CCOCC3)cc2)n1. The van der Waals surface area contributed by atoms with Gasteiger partial charge in [-0.3, -0.25) is 0 Å². The minimum Gasteiger partial charge on any atom is -0.378 e. The monoisotopic (exact) mass is 288 g/mol. The van der Waals surface area contributed by atoms with Gasteiger partial charge in [-0.25, -0.2) is 4.98 Å². The third-order valence-corrected chi connectivity index (χ3v) is 3.80. The van der Waals surface area contributed by atoms with E-state index in [2.05, 4.69) is 44.3 Å². The smallest absolute Gasteiger partial charge is 0.209 e. The van der Waals surface area contributed by atoms with E-state index in [1.165, 1.54) is 17.4 Å². The zero-order valence-electron chi connectivity index (χ0n) is 11.3. The molecule has 1 aromatic heterocycles. The highest BCUT2D eigenvalue weighted by Crippen LogP contribution is 2.22. The Morgan fingerprint density at radius 1 is 1.15 bits per heavy atom. The number of thioether (sulfide) groups is 1. The number of morpholine rings is 1. The van der Waals surface area contributed by atoms with Crippen LogP contribution in [0.2, 0.25) is 0 Å². The minimum absolute atomic E-state index is 0.694. The molecular formula is C14H16N4OS. The Balaban J connectivity index is 1.81. The Kier molecular flexibility index (Phi) is 4.13. The first-order valence-corrected chi connectivity index (χ1v) is 7.76. The molecule has 0 saturated carbocycles. The molecule has 0 unspecified atom stereocenters. The number of hydrogen-bond donors (Lipinski definition) is 0. The summed E-state index contributed by atoms with van der Waals surface area (Å²) in [5.74, 6) is 0. The van der Waals surface area contributed by atoms with Crippen molar-refractivity contribution in [1.29, 1.82) is 0 Å². The Labute approximate surface area is 122 Å². The van der Waals surface area contributed by atoms with Crippen molar-refractivity contribution in [2.75, 3.05) is 37.5 Å². The molecule has 0 amide bonds. The summed E-state index contributed by atoms with van der Waals surface area (Å²) in [5, 5.41) is 8.63. The summed E-state index contributed by atoms with van der Waals surface area (Å²) < 4.78 is 5.37. The predicted molar refractivity (Wildman–Crippen MR) is 80.1 cm³/mol. The van der Waals surface area contributed by atoms with Crippen LogP contribution < -0.4 is 4.90 Å². The van der Waals surface area contributed by atoms with Gasteiger partial charge in [0, 0.05) is 24.3 Å². The van der Waals surface area contributed by atoms with Crippen molar-refractivity contribution in [1.82, 2.24) is 15.2 Å². The molecule has 0 N–H and O–H groups in total. The molecule has 2 aromatic rings. The van der Waals surface area contributed by atoms with E-state index in [-0.39, 0.29) is 0 Å². The zero-order chi connectivity index (χ0) is 13.8. The molecule has 20 heavy (non-hydrogen) atoms.